The van der Waals surface area contributed by atoms with Gasteiger partial charge in [-0.25, -0.2) is 4.39 Å². The van der Waals surface area contributed by atoms with Crippen LogP contribution in [-0.4, -0.2) is 40.2 Å². The van der Waals surface area contributed by atoms with E-state index in [1.165, 1.54) is 18.9 Å². The Labute approximate surface area is 160 Å². The third-order valence-corrected chi connectivity index (χ3v) is 6.57. The van der Waals surface area contributed by atoms with Crippen LogP contribution in [0.15, 0.2) is 24.3 Å². The van der Waals surface area contributed by atoms with E-state index < -0.39 is 11.9 Å². The van der Waals surface area contributed by atoms with E-state index >= 15 is 0 Å². The summed E-state index contributed by atoms with van der Waals surface area (Å²) in [5.41, 5.74) is 0.348. The first-order chi connectivity index (χ1) is 13.2. The molecule has 0 N–H and O–H groups in total. The van der Waals surface area contributed by atoms with E-state index in [4.69, 9.17) is 0 Å². The van der Waals surface area contributed by atoms with Gasteiger partial charge in [-0.3, -0.25) is 9.59 Å². The number of carbonyl (C=O) groups is 2. The Hall–Kier alpha value is -1.91. The highest BCUT2D eigenvalue weighted by atomic mass is 19.1. The number of amides is 2. The summed E-state index contributed by atoms with van der Waals surface area (Å²) in [6.07, 6.45) is 10.4. The number of carbonyl (C=O) groups excluding carboxylic acids is 2. The lowest BCUT2D eigenvalue weighted by Crippen LogP contribution is -2.60. The van der Waals surface area contributed by atoms with Gasteiger partial charge in [0, 0.05) is 17.6 Å². The van der Waals surface area contributed by atoms with Gasteiger partial charge in [0.2, 0.25) is 5.91 Å². The SMILES string of the molecule is O=C1C(c2ccccc2F)N(C2CCCC2)C(=O)CN1C1CCCCCC1. The van der Waals surface area contributed by atoms with Crippen molar-refractivity contribution in [3.63, 3.8) is 0 Å². The molecule has 0 bridgehead atoms. The van der Waals surface area contributed by atoms with E-state index in [2.05, 4.69) is 0 Å². The van der Waals surface area contributed by atoms with Gasteiger partial charge in [0.05, 0.1) is 0 Å². The maximum atomic E-state index is 14.7. The van der Waals surface area contributed by atoms with Crippen LogP contribution in [0, 0.1) is 5.82 Å². The summed E-state index contributed by atoms with van der Waals surface area (Å²) < 4.78 is 14.7. The van der Waals surface area contributed by atoms with E-state index in [0.29, 0.717) is 5.56 Å². The maximum Gasteiger partial charge on any atom is 0.250 e. The molecule has 1 aromatic rings. The Kier molecular flexibility index (Phi) is 5.46. The summed E-state index contributed by atoms with van der Waals surface area (Å²) in [5.74, 6) is -0.494. The molecule has 0 aromatic heterocycles. The van der Waals surface area contributed by atoms with Crippen molar-refractivity contribution in [1.29, 1.82) is 0 Å². The monoisotopic (exact) mass is 372 g/mol. The van der Waals surface area contributed by atoms with Gasteiger partial charge >= 0.3 is 0 Å². The van der Waals surface area contributed by atoms with Crippen LogP contribution in [-0.2, 0) is 9.59 Å². The normalized spacial score (nSPS) is 25.9. The lowest BCUT2D eigenvalue weighted by atomic mass is 9.95. The summed E-state index contributed by atoms with van der Waals surface area (Å²) in [7, 11) is 0. The fourth-order valence-corrected chi connectivity index (χ4v) is 5.18. The van der Waals surface area contributed by atoms with Crippen molar-refractivity contribution in [2.24, 2.45) is 0 Å². The van der Waals surface area contributed by atoms with Crippen molar-refractivity contribution < 1.29 is 14.0 Å². The molecule has 3 fully saturated rings. The van der Waals surface area contributed by atoms with Crippen LogP contribution in [0.25, 0.3) is 0 Å². The fourth-order valence-electron chi connectivity index (χ4n) is 5.18. The molecule has 146 valence electrons. The average molecular weight is 372 g/mol. The molecule has 1 heterocycles. The van der Waals surface area contributed by atoms with E-state index in [1.807, 2.05) is 0 Å². The zero-order chi connectivity index (χ0) is 18.8. The number of piperazine rings is 1. The van der Waals surface area contributed by atoms with Crippen molar-refractivity contribution >= 4 is 11.8 Å². The lowest BCUT2D eigenvalue weighted by Gasteiger charge is -2.46. The predicted octanol–water partition coefficient (Wildman–Crippen LogP) is 4.20. The molecular weight excluding hydrogens is 343 g/mol. The standard InChI is InChI=1S/C22H29FN2O2/c23-19-14-8-7-13-18(19)21-22(27)24(16-9-3-1-2-4-10-16)15-20(26)25(21)17-11-5-6-12-17/h7-8,13-14,16-17,21H,1-6,9-12,15H2. The van der Waals surface area contributed by atoms with Gasteiger partial charge in [-0.2, -0.15) is 0 Å². The molecule has 2 amide bonds. The number of rotatable bonds is 3. The first-order valence-corrected chi connectivity index (χ1v) is 10.5. The minimum Gasteiger partial charge on any atom is -0.328 e. The highest BCUT2D eigenvalue weighted by Crippen LogP contribution is 2.37. The first-order valence-electron chi connectivity index (χ1n) is 10.5. The Morgan fingerprint density at radius 1 is 0.815 bits per heavy atom. The molecule has 0 spiro atoms. The minimum absolute atomic E-state index is 0.0148. The van der Waals surface area contributed by atoms with Crippen LogP contribution >= 0.6 is 0 Å². The Morgan fingerprint density at radius 3 is 2.07 bits per heavy atom. The van der Waals surface area contributed by atoms with Crippen LogP contribution < -0.4 is 0 Å². The second-order valence-electron chi connectivity index (χ2n) is 8.27. The molecule has 4 nitrogen and oxygen atoms in total. The second kappa shape index (κ2) is 7.99. The van der Waals surface area contributed by atoms with Crippen molar-refractivity contribution in [2.75, 3.05) is 6.54 Å². The van der Waals surface area contributed by atoms with Gasteiger partial charge < -0.3 is 9.80 Å². The number of halogens is 1. The van der Waals surface area contributed by atoms with E-state index in [1.54, 1.807) is 28.0 Å². The molecule has 27 heavy (non-hydrogen) atoms. The first kappa shape index (κ1) is 18.5. The fraction of sp³-hybridized carbons (Fsp3) is 0.636. The largest absolute Gasteiger partial charge is 0.328 e. The third-order valence-electron chi connectivity index (χ3n) is 6.57. The van der Waals surface area contributed by atoms with Gasteiger partial charge in [0.25, 0.3) is 5.91 Å². The Bertz CT molecular complexity index is 693. The summed E-state index contributed by atoms with van der Waals surface area (Å²) in [5, 5.41) is 0. The maximum absolute atomic E-state index is 14.7. The molecule has 1 atom stereocenters. The number of hydrogen-bond acceptors (Lipinski definition) is 2. The highest BCUT2D eigenvalue weighted by Gasteiger charge is 2.46. The van der Waals surface area contributed by atoms with E-state index in [9.17, 15) is 14.0 Å². The minimum atomic E-state index is -0.807. The molecule has 2 saturated carbocycles. The summed E-state index contributed by atoms with van der Waals surface area (Å²) in [4.78, 5) is 30.2. The zero-order valence-corrected chi connectivity index (χ0v) is 15.9. The van der Waals surface area contributed by atoms with Crippen LogP contribution in [0.2, 0.25) is 0 Å². The Morgan fingerprint density at radius 2 is 1.41 bits per heavy atom. The van der Waals surface area contributed by atoms with Gasteiger partial charge in [0.15, 0.2) is 0 Å². The second-order valence-corrected chi connectivity index (χ2v) is 8.27. The van der Waals surface area contributed by atoms with Gasteiger partial charge in [0.1, 0.15) is 18.4 Å². The number of hydrogen-bond donors (Lipinski definition) is 0. The molecule has 0 radical (unpaired) electrons. The van der Waals surface area contributed by atoms with Gasteiger partial charge in [-0.1, -0.05) is 56.7 Å². The smallest absolute Gasteiger partial charge is 0.250 e. The highest BCUT2D eigenvalue weighted by molar-refractivity contribution is 5.96. The summed E-state index contributed by atoms with van der Waals surface area (Å²) in [6, 6.07) is 5.82. The van der Waals surface area contributed by atoms with Crippen molar-refractivity contribution in [2.45, 2.75) is 82.3 Å². The van der Waals surface area contributed by atoms with Crippen molar-refractivity contribution in [3.05, 3.63) is 35.6 Å². The molecule has 2 aliphatic carbocycles. The molecule has 5 heteroatoms. The predicted molar refractivity (Wildman–Crippen MR) is 101 cm³/mol. The third kappa shape index (κ3) is 3.61. The molecule has 4 rings (SSSR count). The molecule has 1 aliphatic heterocycles. The topological polar surface area (TPSA) is 40.6 Å². The molecular formula is C22H29FN2O2. The van der Waals surface area contributed by atoms with Crippen LogP contribution in [0.3, 0.4) is 0 Å². The molecule has 1 saturated heterocycles. The molecule has 3 aliphatic rings. The lowest BCUT2D eigenvalue weighted by molar-refractivity contribution is -0.161. The number of benzene rings is 1. The zero-order valence-electron chi connectivity index (χ0n) is 15.9. The summed E-state index contributed by atoms with van der Waals surface area (Å²) in [6.45, 7) is 0.158. The van der Waals surface area contributed by atoms with Crippen LogP contribution in [0.4, 0.5) is 4.39 Å². The quantitative estimate of drug-likeness (QED) is 0.746. The van der Waals surface area contributed by atoms with Gasteiger partial charge in [-0.05, 0) is 31.7 Å². The molecule has 1 aromatic carbocycles. The average Bonchev–Trinajstić information content (AvgIpc) is 3.05. The van der Waals surface area contributed by atoms with Crippen molar-refractivity contribution in [3.8, 4) is 0 Å². The molecule has 1 unspecified atom stereocenters. The van der Waals surface area contributed by atoms with E-state index in [0.717, 1.165) is 51.4 Å². The van der Waals surface area contributed by atoms with Crippen LogP contribution in [0.1, 0.15) is 75.8 Å². The summed E-state index contributed by atoms with van der Waals surface area (Å²) >= 11 is 0. The number of nitrogens with zero attached hydrogens (tertiary/aromatic N) is 2. The Balaban J connectivity index is 1.69. The van der Waals surface area contributed by atoms with Gasteiger partial charge in [-0.15, -0.1) is 0 Å². The van der Waals surface area contributed by atoms with E-state index in [-0.39, 0.29) is 30.4 Å². The van der Waals surface area contributed by atoms with Crippen molar-refractivity contribution in [1.82, 2.24) is 9.80 Å². The van der Waals surface area contributed by atoms with Crippen LogP contribution in [0.5, 0.6) is 0 Å².